The molecule has 1 aromatic heterocycles. The van der Waals surface area contributed by atoms with E-state index in [4.69, 9.17) is 5.73 Å². The topological polar surface area (TPSA) is 64.7 Å². The summed E-state index contributed by atoms with van der Waals surface area (Å²) >= 11 is 0. The molecule has 1 heterocycles. The van der Waals surface area contributed by atoms with Crippen LogP contribution < -0.4 is 5.73 Å². The van der Waals surface area contributed by atoms with Crippen molar-refractivity contribution in [1.29, 1.82) is 0 Å². The van der Waals surface area contributed by atoms with Crippen LogP contribution in [0.15, 0.2) is 0 Å². The maximum Gasteiger partial charge on any atom is 0.223 e. The molecule has 0 bridgehead atoms. The third-order valence-corrected chi connectivity index (χ3v) is 3.85. The third-order valence-electron chi connectivity index (χ3n) is 3.85. The largest absolute Gasteiger partial charge is 0.368 e. The van der Waals surface area contributed by atoms with E-state index in [0.29, 0.717) is 17.8 Å². The second kappa shape index (κ2) is 4.59. The van der Waals surface area contributed by atoms with Crippen molar-refractivity contribution in [2.45, 2.75) is 63.2 Å². The zero-order valence-electron chi connectivity index (χ0n) is 10.2. The summed E-state index contributed by atoms with van der Waals surface area (Å²) in [4.78, 5) is 13.3. The van der Waals surface area contributed by atoms with Gasteiger partial charge in [-0.2, -0.15) is 9.97 Å². The molecule has 2 fully saturated rings. The average Bonchev–Trinajstić information content (AvgIpc) is 3.16. The molecule has 0 radical (unpaired) electrons. The molecule has 0 amide bonds. The van der Waals surface area contributed by atoms with Gasteiger partial charge in [-0.25, -0.2) is 4.98 Å². The Kier molecular flexibility index (Phi) is 2.95. The Labute approximate surface area is 102 Å². The normalized spacial score (nSPS) is 22.4. The molecular weight excluding hydrogens is 212 g/mol. The SMILES string of the molecule is Nc1nc(C2CCCCCC2)nc(C2CC2)n1. The van der Waals surface area contributed by atoms with Crippen molar-refractivity contribution in [1.82, 2.24) is 15.0 Å². The first-order chi connectivity index (χ1) is 8.33. The van der Waals surface area contributed by atoms with Gasteiger partial charge in [0.2, 0.25) is 5.95 Å². The lowest BCUT2D eigenvalue weighted by Crippen LogP contribution is -2.10. The molecule has 2 aliphatic rings. The van der Waals surface area contributed by atoms with Crippen molar-refractivity contribution < 1.29 is 0 Å². The van der Waals surface area contributed by atoms with Gasteiger partial charge in [0.25, 0.3) is 0 Å². The van der Waals surface area contributed by atoms with Crippen LogP contribution in [-0.4, -0.2) is 15.0 Å². The first kappa shape index (κ1) is 10.9. The van der Waals surface area contributed by atoms with Crippen molar-refractivity contribution >= 4 is 5.95 Å². The number of aromatic nitrogens is 3. The monoisotopic (exact) mass is 232 g/mol. The van der Waals surface area contributed by atoms with E-state index in [1.165, 1.54) is 51.4 Å². The van der Waals surface area contributed by atoms with Crippen molar-refractivity contribution in [3.8, 4) is 0 Å². The fraction of sp³-hybridized carbons (Fsp3) is 0.769. The molecule has 4 nitrogen and oxygen atoms in total. The minimum absolute atomic E-state index is 0.418. The highest BCUT2D eigenvalue weighted by atomic mass is 15.1. The maximum absolute atomic E-state index is 5.81. The highest BCUT2D eigenvalue weighted by Crippen LogP contribution is 2.39. The fourth-order valence-corrected chi connectivity index (χ4v) is 2.67. The predicted molar refractivity (Wildman–Crippen MR) is 66.7 cm³/mol. The van der Waals surface area contributed by atoms with Gasteiger partial charge in [-0.05, 0) is 25.7 Å². The summed E-state index contributed by atoms with van der Waals surface area (Å²) in [5, 5.41) is 0. The van der Waals surface area contributed by atoms with Crippen LogP contribution in [-0.2, 0) is 0 Å². The molecule has 0 aromatic carbocycles. The molecule has 0 atom stereocenters. The van der Waals surface area contributed by atoms with E-state index in [0.717, 1.165) is 11.6 Å². The predicted octanol–water partition coefficient (Wildman–Crippen LogP) is 2.77. The van der Waals surface area contributed by atoms with Crippen LogP contribution in [0.4, 0.5) is 5.95 Å². The molecule has 0 aliphatic heterocycles. The summed E-state index contributed by atoms with van der Waals surface area (Å²) in [6.45, 7) is 0. The van der Waals surface area contributed by atoms with Crippen LogP contribution in [0.5, 0.6) is 0 Å². The second-order valence-corrected chi connectivity index (χ2v) is 5.37. The third kappa shape index (κ3) is 2.56. The van der Waals surface area contributed by atoms with E-state index in [9.17, 15) is 0 Å². The summed E-state index contributed by atoms with van der Waals surface area (Å²) in [5.74, 6) is 3.39. The zero-order chi connectivity index (χ0) is 11.7. The molecule has 17 heavy (non-hydrogen) atoms. The van der Waals surface area contributed by atoms with Crippen LogP contribution in [0.1, 0.15) is 74.9 Å². The van der Waals surface area contributed by atoms with Crippen molar-refractivity contribution in [2.24, 2.45) is 0 Å². The molecule has 4 heteroatoms. The van der Waals surface area contributed by atoms with Crippen molar-refractivity contribution in [3.63, 3.8) is 0 Å². The van der Waals surface area contributed by atoms with E-state index in [1.807, 2.05) is 0 Å². The average molecular weight is 232 g/mol. The van der Waals surface area contributed by atoms with Gasteiger partial charge in [-0.15, -0.1) is 0 Å². The number of rotatable bonds is 2. The number of hydrogen-bond acceptors (Lipinski definition) is 4. The molecule has 2 saturated carbocycles. The Morgan fingerprint density at radius 2 is 1.24 bits per heavy atom. The van der Waals surface area contributed by atoms with Gasteiger partial charge in [0.1, 0.15) is 11.6 Å². The van der Waals surface area contributed by atoms with Crippen LogP contribution in [0, 0.1) is 0 Å². The smallest absolute Gasteiger partial charge is 0.223 e. The molecule has 0 saturated heterocycles. The van der Waals surface area contributed by atoms with Gasteiger partial charge in [-0.3, -0.25) is 0 Å². The van der Waals surface area contributed by atoms with Gasteiger partial charge in [0.05, 0.1) is 0 Å². The molecule has 2 N–H and O–H groups in total. The molecule has 2 aliphatic carbocycles. The standard InChI is InChI=1S/C13H20N4/c14-13-16-11(9-5-3-1-2-4-6-9)15-12(17-13)10-7-8-10/h9-10H,1-8H2,(H2,14,15,16,17). The quantitative estimate of drug-likeness (QED) is 0.796. The first-order valence-electron chi connectivity index (χ1n) is 6.84. The van der Waals surface area contributed by atoms with E-state index < -0.39 is 0 Å². The van der Waals surface area contributed by atoms with Crippen molar-refractivity contribution in [3.05, 3.63) is 11.6 Å². The Hall–Kier alpha value is -1.19. The number of nitrogens with zero attached hydrogens (tertiary/aromatic N) is 3. The van der Waals surface area contributed by atoms with Crippen LogP contribution in [0.25, 0.3) is 0 Å². The summed E-state index contributed by atoms with van der Waals surface area (Å²) < 4.78 is 0. The first-order valence-corrected chi connectivity index (χ1v) is 6.84. The van der Waals surface area contributed by atoms with Crippen LogP contribution >= 0.6 is 0 Å². The Morgan fingerprint density at radius 3 is 1.76 bits per heavy atom. The van der Waals surface area contributed by atoms with Gasteiger partial charge < -0.3 is 5.73 Å². The lowest BCUT2D eigenvalue weighted by molar-refractivity contribution is 0.554. The summed E-state index contributed by atoms with van der Waals surface area (Å²) in [7, 11) is 0. The van der Waals surface area contributed by atoms with Gasteiger partial charge >= 0.3 is 0 Å². The van der Waals surface area contributed by atoms with E-state index >= 15 is 0 Å². The zero-order valence-corrected chi connectivity index (χ0v) is 10.2. The van der Waals surface area contributed by atoms with Gasteiger partial charge in [0, 0.05) is 11.8 Å². The number of nitrogens with two attached hydrogens (primary N) is 1. The van der Waals surface area contributed by atoms with E-state index in [-0.39, 0.29) is 0 Å². The van der Waals surface area contributed by atoms with Gasteiger partial charge in [0.15, 0.2) is 0 Å². The Bertz CT molecular complexity index is 392. The highest BCUT2D eigenvalue weighted by molar-refractivity contribution is 5.21. The highest BCUT2D eigenvalue weighted by Gasteiger charge is 2.28. The molecule has 1 aromatic rings. The summed E-state index contributed by atoms with van der Waals surface area (Å²) in [5.41, 5.74) is 5.81. The fourth-order valence-electron chi connectivity index (χ4n) is 2.67. The van der Waals surface area contributed by atoms with Crippen LogP contribution in [0.3, 0.4) is 0 Å². The minimum atomic E-state index is 0.418. The number of hydrogen-bond donors (Lipinski definition) is 1. The summed E-state index contributed by atoms with van der Waals surface area (Å²) in [6.07, 6.45) is 10.2. The second-order valence-electron chi connectivity index (χ2n) is 5.37. The summed E-state index contributed by atoms with van der Waals surface area (Å²) in [6, 6.07) is 0. The Morgan fingerprint density at radius 1 is 0.706 bits per heavy atom. The maximum atomic E-state index is 5.81. The molecule has 0 spiro atoms. The lowest BCUT2D eigenvalue weighted by atomic mass is 9.99. The molecule has 92 valence electrons. The lowest BCUT2D eigenvalue weighted by Gasteiger charge is -2.13. The van der Waals surface area contributed by atoms with Crippen LogP contribution in [0.2, 0.25) is 0 Å². The van der Waals surface area contributed by atoms with Crippen molar-refractivity contribution in [2.75, 3.05) is 5.73 Å². The minimum Gasteiger partial charge on any atom is -0.368 e. The molecule has 3 rings (SSSR count). The molecular formula is C13H20N4. The Balaban J connectivity index is 1.84. The van der Waals surface area contributed by atoms with Gasteiger partial charge in [-0.1, -0.05) is 25.7 Å². The van der Waals surface area contributed by atoms with E-state index in [2.05, 4.69) is 15.0 Å². The van der Waals surface area contributed by atoms with E-state index in [1.54, 1.807) is 0 Å². The molecule has 0 unspecified atom stereocenters. The number of anilines is 1. The number of nitrogen functional groups attached to an aromatic ring is 1.